The lowest BCUT2D eigenvalue weighted by Gasteiger charge is -2.14. The molecule has 36 heavy (non-hydrogen) atoms. The molecule has 0 saturated heterocycles. The summed E-state index contributed by atoms with van der Waals surface area (Å²) in [6.45, 7) is 2.14. The third-order valence-corrected chi connectivity index (χ3v) is 5.61. The molecule has 0 atom stereocenters. The molecule has 0 saturated carbocycles. The van der Waals surface area contributed by atoms with Crippen LogP contribution < -0.4 is 24.4 Å². The predicted molar refractivity (Wildman–Crippen MR) is 138 cm³/mol. The zero-order chi connectivity index (χ0) is 25.5. The molecule has 0 radical (unpaired) electrons. The number of hydrogen-bond donors (Lipinski definition) is 1. The fourth-order valence-electron chi connectivity index (χ4n) is 3.66. The number of carbonyl (C=O) groups is 1. The molecule has 4 rings (SSSR count). The summed E-state index contributed by atoms with van der Waals surface area (Å²) < 4.78 is 22.1. The van der Waals surface area contributed by atoms with Crippen LogP contribution in [0.3, 0.4) is 0 Å². The number of nitrogens with one attached hydrogen (secondary N) is 1. The van der Waals surface area contributed by atoms with E-state index in [1.54, 1.807) is 58.7 Å². The molecule has 1 N–H and O–H groups in total. The maximum Gasteiger partial charge on any atom is 0.271 e. The van der Waals surface area contributed by atoms with E-state index in [4.69, 9.17) is 18.9 Å². The number of benzene rings is 3. The van der Waals surface area contributed by atoms with Crippen molar-refractivity contribution < 1.29 is 23.7 Å². The lowest BCUT2D eigenvalue weighted by Crippen LogP contribution is -2.19. The van der Waals surface area contributed by atoms with Crippen LogP contribution in [0.1, 0.15) is 28.4 Å². The van der Waals surface area contributed by atoms with E-state index in [2.05, 4.69) is 15.5 Å². The zero-order valence-corrected chi connectivity index (χ0v) is 20.6. The van der Waals surface area contributed by atoms with E-state index in [1.165, 1.54) is 0 Å². The molecule has 1 heterocycles. The van der Waals surface area contributed by atoms with Crippen LogP contribution in [-0.4, -0.2) is 37.9 Å². The highest BCUT2D eigenvalue weighted by molar-refractivity contribution is 6.01. The highest BCUT2D eigenvalue weighted by Crippen LogP contribution is 2.38. The molecular weight excluding hydrogens is 458 g/mol. The van der Waals surface area contributed by atoms with Gasteiger partial charge in [0.2, 0.25) is 5.75 Å². The Hall–Kier alpha value is -4.59. The van der Waals surface area contributed by atoms with E-state index in [9.17, 15) is 4.79 Å². The standard InChI is InChI=1S/C28H27N3O5/c1-18(22-15-24(33-2)27(35-4)25(16-22)34-3)30-31-28(32)21-12-10-19(11-13-21)17-36-23-9-5-7-20-8-6-14-29-26(20)23/h5-16H,17H2,1-4H3,(H,31,32). The third-order valence-electron chi connectivity index (χ3n) is 5.61. The summed E-state index contributed by atoms with van der Waals surface area (Å²) in [5, 5.41) is 5.26. The summed E-state index contributed by atoms with van der Waals surface area (Å²) in [7, 11) is 4.63. The zero-order valence-electron chi connectivity index (χ0n) is 20.6. The van der Waals surface area contributed by atoms with Gasteiger partial charge in [0.15, 0.2) is 11.5 Å². The molecule has 0 aliphatic carbocycles. The smallest absolute Gasteiger partial charge is 0.271 e. The van der Waals surface area contributed by atoms with Crippen LogP contribution in [0.2, 0.25) is 0 Å². The van der Waals surface area contributed by atoms with Crippen molar-refractivity contribution in [3.8, 4) is 23.0 Å². The molecular formula is C28H27N3O5. The van der Waals surface area contributed by atoms with Gasteiger partial charge in [0.05, 0.1) is 27.0 Å². The molecule has 184 valence electrons. The number of fused-ring (bicyclic) bond motifs is 1. The Morgan fingerprint density at radius 3 is 2.22 bits per heavy atom. The van der Waals surface area contributed by atoms with Crippen LogP contribution in [0.5, 0.6) is 23.0 Å². The number of methoxy groups -OCH3 is 3. The third kappa shape index (κ3) is 5.38. The summed E-state index contributed by atoms with van der Waals surface area (Å²) in [6, 6.07) is 20.4. The highest BCUT2D eigenvalue weighted by Gasteiger charge is 2.15. The monoisotopic (exact) mass is 485 g/mol. The maximum atomic E-state index is 12.6. The number of carbonyl (C=O) groups excluding carboxylic acids is 1. The van der Waals surface area contributed by atoms with E-state index >= 15 is 0 Å². The van der Waals surface area contributed by atoms with Gasteiger partial charge in [-0.1, -0.05) is 30.3 Å². The molecule has 0 bridgehead atoms. The maximum absolute atomic E-state index is 12.6. The van der Waals surface area contributed by atoms with E-state index in [0.29, 0.717) is 40.9 Å². The lowest BCUT2D eigenvalue weighted by atomic mass is 10.1. The van der Waals surface area contributed by atoms with Crippen LogP contribution in [0.15, 0.2) is 78.0 Å². The predicted octanol–water partition coefficient (Wildman–Crippen LogP) is 4.99. The minimum absolute atomic E-state index is 0.326. The number of aromatic nitrogens is 1. The van der Waals surface area contributed by atoms with Crippen molar-refractivity contribution in [2.45, 2.75) is 13.5 Å². The van der Waals surface area contributed by atoms with Gasteiger partial charge in [-0.05, 0) is 48.9 Å². The van der Waals surface area contributed by atoms with Gasteiger partial charge in [0, 0.05) is 22.7 Å². The molecule has 0 aliphatic heterocycles. The SMILES string of the molecule is COc1cc(C(C)=NNC(=O)c2ccc(COc3cccc4cccnc34)cc2)cc(OC)c1OC. The Labute approximate surface area is 209 Å². The van der Waals surface area contributed by atoms with Gasteiger partial charge in [-0.2, -0.15) is 5.10 Å². The van der Waals surface area contributed by atoms with Crippen LogP contribution in [0.25, 0.3) is 10.9 Å². The fraction of sp³-hybridized carbons (Fsp3) is 0.179. The van der Waals surface area contributed by atoms with Gasteiger partial charge in [-0.15, -0.1) is 0 Å². The Kier molecular flexibility index (Phi) is 7.65. The first-order valence-corrected chi connectivity index (χ1v) is 11.2. The van der Waals surface area contributed by atoms with E-state index in [0.717, 1.165) is 22.0 Å². The Balaban J connectivity index is 1.41. The number of pyridine rings is 1. The van der Waals surface area contributed by atoms with Gasteiger partial charge >= 0.3 is 0 Å². The van der Waals surface area contributed by atoms with Crippen molar-refractivity contribution in [3.63, 3.8) is 0 Å². The number of para-hydroxylation sites is 1. The van der Waals surface area contributed by atoms with Crippen LogP contribution >= 0.6 is 0 Å². The average molecular weight is 486 g/mol. The van der Waals surface area contributed by atoms with E-state index in [-0.39, 0.29) is 5.91 Å². The molecule has 0 aliphatic rings. The number of hydrazone groups is 1. The molecule has 1 amide bonds. The molecule has 8 nitrogen and oxygen atoms in total. The average Bonchev–Trinajstić information content (AvgIpc) is 2.93. The summed E-state index contributed by atoms with van der Waals surface area (Å²) >= 11 is 0. The summed E-state index contributed by atoms with van der Waals surface area (Å²) in [4.78, 5) is 17.0. The summed E-state index contributed by atoms with van der Waals surface area (Å²) in [5.41, 5.74) is 6.12. The second kappa shape index (κ2) is 11.2. The number of ether oxygens (including phenoxy) is 4. The first kappa shape index (κ1) is 24.5. The van der Waals surface area contributed by atoms with Crippen LogP contribution in [0.4, 0.5) is 0 Å². The quantitative estimate of drug-likeness (QED) is 0.265. The number of amides is 1. The second-order valence-electron chi connectivity index (χ2n) is 7.87. The minimum Gasteiger partial charge on any atom is -0.493 e. The van der Waals surface area contributed by atoms with Gasteiger partial charge in [-0.3, -0.25) is 9.78 Å². The van der Waals surface area contributed by atoms with Crippen LogP contribution in [0, 0.1) is 0 Å². The molecule has 8 heteroatoms. The van der Waals surface area contributed by atoms with Crippen molar-refractivity contribution in [2.24, 2.45) is 5.10 Å². The Morgan fingerprint density at radius 1 is 0.861 bits per heavy atom. The Morgan fingerprint density at radius 2 is 1.56 bits per heavy atom. The van der Waals surface area contributed by atoms with Gasteiger partial charge in [0.25, 0.3) is 5.91 Å². The summed E-state index contributed by atoms with van der Waals surface area (Å²) in [5.74, 6) is 1.88. The molecule has 0 fully saturated rings. The largest absolute Gasteiger partial charge is 0.493 e. The first-order valence-electron chi connectivity index (χ1n) is 11.2. The number of hydrogen-bond acceptors (Lipinski definition) is 7. The topological polar surface area (TPSA) is 91.3 Å². The van der Waals surface area contributed by atoms with Crippen molar-refractivity contribution in [2.75, 3.05) is 21.3 Å². The van der Waals surface area contributed by atoms with Crippen molar-refractivity contribution >= 4 is 22.5 Å². The minimum atomic E-state index is -0.326. The Bertz CT molecular complexity index is 1370. The first-order chi connectivity index (χ1) is 17.5. The molecule has 0 unspecified atom stereocenters. The lowest BCUT2D eigenvalue weighted by molar-refractivity contribution is 0.0954. The normalized spacial score (nSPS) is 11.2. The highest BCUT2D eigenvalue weighted by atomic mass is 16.5. The number of nitrogens with zero attached hydrogens (tertiary/aromatic N) is 2. The fourth-order valence-corrected chi connectivity index (χ4v) is 3.66. The van der Waals surface area contributed by atoms with E-state index in [1.807, 2.05) is 42.5 Å². The van der Waals surface area contributed by atoms with Gasteiger partial charge < -0.3 is 18.9 Å². The molecule has 4 aromatic rings. The van der Waals surface area contributed by atoms with Crippen molar-refractivity contribution in [3.05, 3.63) is 89.6 Å². The molecule has 1 aromatic heterocycles. The van der Waals surface area contributed by atoms with Gasteiger partial charge in [0.1, 0.15) is 17.9 Å². The number of rotatable bonds is 9. The molecule has 3 aromatic carbocycles. The second-order valence-corrected chi connectivity index (χ2v) is 7.87. The molecule has 0 spiro atoms. The van der Waals surface area contributed by atoms with Crippen molar-refractivity contribution in [1.82, 2.24) is 10.4 Å². The van der Waals surface area contributed by atoms with Crippen LogP contribution in [-0.2, 0) is 6.61 Å². The van der Waals surface area contributed by atoms with Crippen molar-refractivity contribution in [1.29, 1.82) is 0 Å². The summed E-state index contributed by atoms with van der Waals surface area (Å²) in [6.07, 6.45) is 1.74. The van der Waals surface area contributed by atoms with Gasteiger partial charge in [-0.25, -0.2) is 5.43 Å². The van der Waals surface area contributed by atoms with E-state index < -0.39 is 0 Å².